The molecule has 2 heterocycles. The number of para-hydroxylation sites is 1. The van der Waals surface area contributed by atoms with Crippen molar-refractivity contribution in [3.05, 3.63) is 51.2 Å². The zero-order valence-electron chi connectivity index (χ0n) is 17.6. The Morgan fingerprint density at radius 2 is 1.87 bits per heavy atom. The molecule has 31 heavy (non-hydrogen) atoms. The van der Waals surface area contributed by atoms with Gasteiger partial charge in [0, 0.05) is 25.9 Å². The van der Waals surface area contributed by atoms with Crippen LogP contribution >= 0.6 is 0 Å². The van der Waals surface area contributed by atoms with Gasteiger partial charge in [-0.05, 0) is 25.5 Å². The van der Waals surface area contributed by atoms with Crippen LogP contribution in [0.4, 0.5) is 17.2 Å². The Morgan fingerprint density at radius 3 is 2.52 bits per heavy atom. The second-order valence-electron chi connectivity index (χ2n) is 7.14. The van der Waals surface area contributed by atoms with Crippen LogP contribution in [0.1, 0.15) is 39.5 Å². The quantitative estimate of drug-likeness (QED) is 0.691. The van der Waals surface area contributed by atoms with Crippen molar-refractivity contribution in [3.8, 4) is 0 Å². The zero-order valence-corrected chi connectivity index (χ0v) is 17.6. The maximum absolute atomic E-state index is 13.3. The number of hydrogen-bond acceptors (Lipinski definition) is 6. The largest absolute Gasteiger partial charge is 0.383 e. The minimum Gasteiger partial charge on any atom is -0.383 e. The molecule has 3 rings (SSSR count). The van der Waals surface area contributed by atoms with Gasteiger partial charge in [0.25, 0.3) is 11.5 Å². The number of nitrogens with zero attached hydrogens (tertiary/aromatic N) is 4. The standard InChI is InChI=1S/C21H26N6O4/c1-3-5-13-26-18(22)17(19(29)23-21(26)31)25(4-2)20(30)15-11-12-16(28)27(24-15)14-9-7-6-8-10-14/h6-10H,3-5,11-13,22H2,1-2H3,(H,23,29,31). The molecule has 164 valence electrons. The molecular weight excluding hydrogens is 400 g/mol. The van der Waals surface area contributed by atoms with E-state index in [1.165, 1.54) is 14.5 Å². The summed E-state index contributed by atoms with van der Waals surface area (Å²) in [5.74, 6) is -0.824. The van der Waals surface area contributed by atoms with Gasteiger partial charge in [-0.2, -0.15) is 5.10 Å². The first kappa shape index (κ1) is 22.0. The van der Waals surface area contributed by atoms with Gasteiger partial charge in [0.2, 0.25) is 5.91 Å². The van der Waals surface area contributed by atoms with E-state index in [4.69, 9.17) is 5.73 Å². The van der Waals surface area contributed by atoms with Gasteiger partial charge in [-0.1, -0.05) is 31.5 Å². The normalized spacial score (nSPS) is 13.8. The lowest BCUT2D eigenvalue weighted by Crippen LogP contribution is -2.45. The second-order valence-corrected chi connectivity index (χ2v) is 7.14. The molecule has 0 spiro atoms. The summed E-state index contributed by atoms with van der Waals surface area (Å²) in [5, 5.41) is 5.46. The number of amides is 2. The van der Waals surface area contributed by atoms with E-state index < -0.39 is 17.2 Å². The molecule has 0 unspecified atom stereocenters. The molecule has 0 saturated heterocycles. The summed E-state index contributed by atoms with van der Waals surface area (Å²) in [5.41, 5.74) is 5.40. The fourth-order valence-electron chi connectivity index (χ4n) is 3.41. The highest BCUT2D eigenvalue weighted by Crippen LogP contribution is 2.22. The maximum Gasteiger partial charge on any atom is 0.330 e. The first-order valence-electron chi connectivity index (χ1n) is 10.3. The molecule has 2 aromatic rings. The van der Waals surface area contributed by atoms with Crippen LogP contribution in [-0.4, -0.2) is 33.6 Å². The third-order valence-corrected chi connectivity index (χ3v) is 5.06. The molecule has 1 aromatic carbocycles. The van der Waals surface area contributed by atoms with E-state index >= 15 is 0 Å². The number of benzene rings is 1. The molecule has 0 aliphatic carbocycles. The molecule has 0 bridgehead atoms. The average Bonchev–Trinajstić information content (AvgIpc) is 2.77. The van der Waals surface area contributed by atoms with Crippen molar-refractivity contribution in [1.29, 1.82) is 0 Å². The number of carbonyl (C=O) groups is 2. The van der Waals surface area contributed by atoms with Crippen molar-refractivity contribution in [2.75, 3.05) is 22.2 Å². The Morgan fingerprint density at radius 1 is 1.16 bits per heavy atom. The predicted molar refractivity (Wildman–Crippen MR) is 119 cm³/mol. The number of nitrogens with two attached hydrogens (primary N) is 1. The van der Waals surface area contributed by atoms with Crippen LogP contribution in [0.3, 0.4) is 0 Å². The van der Waals surface area contributed by atoms with E-state index in [9.17, 15) is 19.2 Å². The van der Waals surface area contributed by atoms with Crippen molar-refractivity contribution in [2.45, 2.75) is 46.1 Å². The zero-order chi connectivity index (χ0) is 22.5. The second kappa shape index (κ2) is 9.41. The number of hydrazone groups is 1. The minimum absolute atomic E-state index is 0.0650. The number of nitrogens with one attached hydrogen (secondary N) is 1. The van der Waals surface area contributed by atoms with Crippen molar-refractivity contribution in [1.82, 2.24) is 9.55 Å². The number of aromatic nitrogens is 2. The van der Waals surface area contributed by atoms with Crippen LogP contribution in [-0.2, 0) is 16.1 Å². The predicted octanol–water partition coefficient (Wildman–Crippen LogP) is 1.45. The number of carbonyl (C=O) groups excluding carboxylic acids is 2. The number of hydrogen-bond donors (Lipinski definition) is 2. The van der Waals surface area contributed by atoms with Crippen LogP contribution in [0.5, 0.6) is 0 Å². The van der Waals surface area contributed by atoms with E-state index in [0.717, 1.165) is 6.42 Å². The first-order chi connectivity index (χ1) is 14.9. The summed E-state index contributed by atoms with van der Waals surface area (Å²) in [4.78, 5) is 53.8. The summed E-state index contributed by atoms with van der Waals surface area (Å²) < 4.78 is 1.26. The Hall–Kier alpha value is -3.69. The van der Waals surface area contributed by atoms with E-state index in [0.29, 0.717) is 18.7 Å². The summed E-state index contributed by atoms with van der Waals surface area (Å²) in [6.07, 6.45) is 1.77. The van der Waals surface area contributed by atoms with Gasteiger partial charge in [-0.25, -0.2) is 9.80 Å². The lowest BCUT2D eigenvalue weighted by molar-refractivity contribution is -0.118. The summed E-state index contributed by atoms with van der Waals surface area (Å²) in [6, 6.07) is 8.80. The molecule has 3 N–H and O–H groups in total. The van der Waals surface area contributed by atoms with Gasteiger partial charge in [0.05, 0.1) is 5.69 Å². The number of H-pyrrole nitrogens is 1. The molecule has 2 amide bonds. The molecule has 0 saturated carbocycles. The average molecular weight is 426 g/mol. The number of unbranched alkanes of at least 4 members (excludes halogenated alkanes) is 1. The van der Waals surface area contributed by atoms with Gasteiger partial charge in [0.15, 0.2) is 5.69 Å². The molecule has 10 nitrogen and oxygen atoms in total. The topological polar surface area (TPSA) is 134 Å². The van der Waals surface area contributed by atoms with Crippen molar-refractivity contribution in [2.24, 2.45) is 5.10 Å². The van der Waals surface area contributed by atoms with Crippen molar-refractivity contribution in [3.63, 3.8) is 0 Å². The highest BCUT2D eigenvalue weighted by atomic mass is 16.2. The van der Waals surface area contributed by atoms with Gasteiger partial charge in [0.1, 0.15) is 11.5 Å². The maximum atomic E-state index is 13.3. The monoisotopic (exact) mass is 426 g/mol. The van der Waals surface area contributed by atoms with Crippen molar-refractivity contribution >= 4 is 34.7 Å². The molecular formula is C21H26N6O4. The Kier molecular flexibility index (Phi) is 6.68. The van der Waals surface area contributed by atoms with Gasteiger partial charge >= 0.3 is 5.69 Å². The molecule has 1 aromatic heterocycles. The summed E-state index contributed by atoms with van der Waals surface area (Å²) in [7, 11) is 0. The SMILES string of the molecule is CCCCn1c(N)c(N(CC)C(=O)C2=NN(c3ccccc3)C(=O)CC2)c(=O)[nH]c1=O. The highest BCUT2D eigenvalue weighted by molar-refractivity contribution is 6.45. The van der Waals surface area contributed by atoms with Crippen LogP contribution < -0.4 is 26.9 Å². The third kappa shape index (κ3) is 4.42. The Labute approximate surface area is 179 Å². The fourth-order valence-corrected chi connectivity index (χ4v) is 3.41. The van der Waals surface area contributed by atoms with E-state index in [1.54, 1.807) is 31.2 Å². The summed E-state index contributed by atoms with van der Waals surface area (Å²) in [6.45, 7) is 4.13. The molecule has 0 fully saturated rings. The highest BCUT2D eigenvalue weighted by Gasteiger charge is 2.31. The van der Waals surface area contributed by atoms with E-state index in [-0.39, 0.29) is 42.5 Å². The molecule has 0 atom stereocenters. The smallest absolute Gasteiger partial charge is 0.330 e. The molecule has 10 heteroatoms. The Bertz CT molecular complexity index is 1120. The molecule has 1 aliphatic heterocycles. The fraction of sp³-hybridized carbons (Fsp3) is 0.381. The van der Waals surface area contributed by atoms with E-state index in [2.05, 4.69) is 10.1 Å². The summed E-state index contributed by atoms with van der Waals surface area (Å²) >= 11 is 0. The van der Waals surface area contributed by atoms with Gasteiger partial charge in [-0.15, -0.1) is 0 Å². The minimum atomic E-state index is -0.738. The van der Waals surface area contributed by atoms with E-state index in [1.807, 2.05) is 13.0 Å². The lowest BCUT2D eigenvalue weighted by Gasteiger charge is -2.27. The Balaban J connectivity index is 2.01. The van der Waals surface area contributed by atoms with Crippen molar-refractivity contribution < 1.29 is 9.59 Å². The van der Waals surface area contributed by atoms with Gasteiger partial charge < -0.3 is 5.73 Å². The van der Waals surface area contributed by atoms with Crippen LogP contribution in [0, 0.1) is 0 Å². The van der Waals surface area contributed by atoms with Crippen LogP contribution in [0.25, 0.3) is 0 Å². The lowest BCUT2D eigenvalue weighted by atomic mass is 10.1. The van der Waals surface area contributed by atoms with Crippen LogP contribution in [0.15, 0.2) is 45.0 Å². The van der Waals surface area contributed by atoms with Gasteiger partial charge in [-0.3, -0.25) is 28.8 Å². The third-order valence-electron chi connectivity index (χ3n) is 5.06. The number of anilines is 3. The first-order valence-corrected chi connectivity index (χ1v) is 10.3. The number of aromatic amines is 1. The molecule has 1 aliphatic rings. The number of nitrogen functional groups attached to an aromatic ring is 1. The number of rotatable bonds is 7. The van der Waals surface area contributed by atoms with Crippen LogP contribution in [0.2, 0.25) is 0 Å². The molecule has 0 radical (unpaired) electrons.